The molecule has 0 fully saturated rings. The topological polar surface area (TPSA) is 98.5 Å². The second-order valence-electron chi connectivity index (χ2n) is 5.51. The van der Waals surface area contributed by atoms with Crippen molar-refractivity contribution in [1.29, 1.82) is 0 Å². The highest BCUT2D eigenvalue weighted by atomic mass is 35.5. The Hall–Kier alpha value is -2.35. The minimum absolute atomic E-state index is 0.0100. The van der Waals surface area contributed by atoms with Crippen molar-refractivity contribution in [1.82, 2.24) is 5.32 Å². The lowest BCUT2D eigenvalue weighted by molar-refractivity contribution is -0.384. The zero-order valence-electron chi connectivity index (χ0n) is 13.9. The van der Waals surface area contributed by atoms with Crippen molar-refractivity contribution in [3.63, 3.8) is 0 Å². The Balaban J connectivity index is 1.98. The largest absolute Gasteiger partial charge is 0.423 e. The molecule has 0 aromatic heterocycles. The molecule has 1 N–H and O–H groups in total. The lowest BCUT2D eigenvalue weighted by Crippen LogP contribution is -2.41. The molecule has 2 aromatic rings. The summed E-state index contributed by atoms with van der Waals surface area (Å²) in [6.07, 6.45) is -0.132. The van der Waals surface area contributed by atoms with Crippen LogP contribution in [0.2, 0.25) is 15.1 Å². The van der Waals surface area contributed by atoms with Gasteiger partial charge in [0, 0.05) is 18.2 Å². The van der Waals surface area contributed by atoms with Crippen LogP contribution in [0.3, 0.4) is 0 Å². The van der Waals surface area contributed by atoms with Crippen LogP contribution in [0, 0.1) is 10.1 Å². The summed E-state index contributed by atoms with van der Waals surface area (Å²) < 4.78 is 5.13. The zero-order chi connectivity index (χ0) is 20.1. The van der Waals surface area contributed by atoms with Crippen LogP contribution in [0.25, 0.3) is 0 Å². The summed E-state index contributed by atoms with van der Waals surface area (Å²) in [5.74, 6) is -1.25. The lowest BCUT2D eigenvalue weighted by Gasteiger charge is -2.14. The highest BCUT2D eigenvalue weighted by Gasteiger charge is 2.20. The molecule has 0 saturated carbocycles. The van der Waals surface area contributed by atoms with E-state index in [1.54, 1.807) is 6.07 Å². The van der Waals surface area contributed by atoms with E-state index in [2.05, 4.69) is 5.32 Å². The standard InChI is InChI=1S/C17H13Cl3N2O5/c1-9(17(24)27-15-8-13(19)12(18)7-14(15)20)21-16(23)6-10-3-2-4-11(5-10)22(25)26/h2-5,7-9H,6H2,1H3,(H,21,23)/t9-/m0/s1. The van der Waals surface area contributed by atoms with Crippen LogP contribution in [0.1, 0.15) is 12.5 Å². The van der Waals surface area contributed by atoms with E-state index in [4.69, 9.17) is 39.5 Å². The summed E-state index contributed by atoms with van der Waals surface area (Å²) in [6, 6.07) is 7.30. The van der Waals surface area contributed by atoms with E-state index >= 15 is 0 Å². The first-order valence-electron chi connectivity index (χ1n) is 7.56. The summed E-state index contributed by atoms with van der Waals surface area (Å²) in [5, 5.41) is 13.7. The summed E-state index contributed by atoms with van der Waals surface area (Å²) in [4.78, 5) is 34.4. The number of non-ortho nitro benzene ring substituents is 1. The number of amides is 1. The Morgan fingerprint density at radius 2 is 1.81 bits per heavy atom. The Bertz CT molecular complexity index is 904. The number of nitro groups is 1. The van der Waals surface area contributed by atoms with E-state index in [1.165, 1.54) is 37.3 Å². The average molecular weight is 432 g/mol. The number of carbonyl (C=O) groups is 2. The Morgan fingerprint density at radius 1 is 1.15 bits per heavy atom. The zero-order valence-corrected chi connectivity index (χ0v) is 16.1. The molecule has 10 heteroatoms. The van der Waals surface area contributed by atoms with Crippen molar-refractivity contribution in [2.45, 2.75) is 19.4 Å². The molecule has 0 aliphatic rings. The van der Waals surface area contributed by atoms with Crippen LogP contribution in [0.4, 0.5) is 5.69 Å². The summed E-state index contributed by atoms with van der Waals surface area (Å²) in [6.45, 7) is 1.43. The molecule has 0 saturated heterocycles. The third kappa shape index (κ3) is 5.82. The van der Waals surface area contributed by atoms with Crippen LogP contribution in [0.5, 0.6) is 5.75 Å². The first kappa shape index (κ1) is 21.0. The van der Waals surface area contributed by atoms with Gasteiger partial charge in [-0.2, -0.15) is 0 Å². The van der Waals surface area contributed by atoms with Crippen molar-refractivity contribution in [3.05, 3.63) is 67.1 Å². The number of ether oxygens (including phenoxy) is 1. The number of nitro benzene ring substituents is 1. The van der Waals surface area contributed by atoms with Crippen molar-refractivity contribution < 1.29 is 19.2 Å². The molecule has 27 heavy (non-hydrogen) atoms. The highest BCUT2D eigenvalue weighted by molar-refractivity contribution is 6.43. The van der Waals surface area contributed by atoms with Crippen LogP contribution in [-0.4, -0.2) is 22.8 Å². The van der Waals surface area contributed by atoms with Gasteiger partial charge in [0.1, 0.15) is 6.04 Å². The van der Waals surface area contributed by atoms with Crippen molar-refractivity contribution >= 4 is 52.4 Å². The molecule has 0 unspecified atom stereocenters. The second kappa shape index (κ2) is 9.03. The number of carbonyl (C=O) groups excluding carboxylic acids is 2. The Morgan fingerprint density at radius 3 is 2.48 bits per heavy atom. The van der Waals surface area contributed by atoms with E-state index in [1.807, 2.05) is 0 Å². The molecule has 7 nitrogen and oxygen atoms in total. The average Bonchev–Trinajstić information content (AvgIpc) is 2.59. The summed E-state index contributed by atoms with van der Waals surface area (Å²) >= 11 is 17.6. The molecule has 0 bridgehead atoms. The number of nitrogens with zero attached hydrogens (tertiary/aromatic N) is 1. The van der Waals surface area contributed by atoms with Crippen LogP contribution < -0.4 is 10.1 Å². The van der Waals surface area contributed by atoms with Gasteiger partial charge in [0.2, 0.25) is 5.91 Å². The van der Waals surface area contributed by atoms with Gasteiger partial charge in [-0.3, -0.25) is 14.9 Å². The predicted molar refractivity (Wildman–Crippen MR) is 102 cm³/mol. The van der Waals surface area contributed by atoms with Crippen molar-refractivity contribution in [2.24, 2.45) is 0 Å². The molecule has 0 aliphatic carbocycles. The number of nitrogens with one attached hydrogen (secondary N) is 1. The van der Waals surface area contributed by atoms with Gasteiger partial charge in [-0.05, 0) is 18.6 Å². The van der Waals surface area contributed by atoms with E-state index < -0.39 is 22.8 Å². The SMILES string of the molecule is C[C@H](NC(=O)Cc1cccc([N+](=O)[O-])c1)C(=O)Oc1cc(Cl)c(Cl)cc1Cl. The predicted octanol–water partition coefficient (Wildman–Crippen LogP) is 4.21. The van der Waals surface area contributed by atoms with Gasteiger partial charge in [0.05, 0.1) is 26.4 Å². The van der Waals surface area contributed by atoms with Crippen LogP contribution in [-0.2, 0) is 16.0 Å². The van der Waals surface area contributed by atoms with Crippen molar-refractivity contribution in [2.75, 3.05) is 0 Å². The minimum atomic E-state index is -0.985. The maximum absolute atomic E-state index is 12.1. The number of hydrogen-bond acceptors (Lipinski definition) is 5. The fourth-order valence-electron chi connectivity index (χ4n) is 2.10. The number of halogens is 3. The lowest BCUT2D eigenvalue weighted by atomic mass is 10.1. The van der Waals surface area contributed by atoms with Crippen LogP contribution >= 0.6 is 34.8 Å². The second-order valence-corrected chi connectivity index (χ2v) is 6.73. The van der Waals surface area contributed by atoms with Gasteiger partial charge in [0.15, 0.2) is 5.75 Å². The van der Waals surface area contributed by atoms with Gasteiger partial charge < -0.3 is 10.1 Å². The Labute approximate surface area is 169 Å². The summed E-state index contributed by atoms with van der Waals surface area (Å²) in [5.41, 5.74) is 0.316. The molecule has 0 spiro atoms. The van der Waals surface area contributed by atoms with Gasteiger partial charge in [-0.15, -0.1) is 0 Å². The molecular weight excluding hydrogens is 419 g/mol. The highest BCUT2D eigenvalue weighted by Crippen LogP contribution is 2.34. The quantitative estimate of drug-likeness (QED) is 0.243. The number of rotatable bonds is 6. The van der Waals surface area contributed by atoms with E-state index in [0.29, 0.717) is 5.56 Å². The molecule has 1 atom stereocenters. The molecule has 0 radical (unpaired) electrons. The Kier molecular flexibility index (Phi) is 7.01. The summed E-state index contributed by atoms with van der Waals surface area (Å²) in [7, 11) is 0. The molecule has 2 rings (SSSR count). The molecule has 142 valence electrons. The van der Waals surface area contributed by atoms with Gasteiger partial charge in [0.25, 0.3) is 5.69 Å². The molecule has 0 heterocycles. The van der Waals surface area contributed by atoms with E-state index in [9.17, 15) is 19.7 Å². The first-order chi connectivity index (χ1) is 12.7. The monoisotopic (exact) mass is 430 g/mol. The van der Waals surface area contributed by atoms with Crippen molar-refractivity contribution in [3.8, 4) is 5.75 Å². The van der Waals surface area contributed by atoms with E-state index in [-0.39, 0.29) is 32.9 Å². The van der Waals surface area contributed by atoms with Crippen LogP contribution in [0.15, 0.2) is 36.4 Å². The third-order valence-electron chi connectivity index (χ3n) is 3.40. The maximum atomic E-state index is 12.1. The number of benzene rings is 2. The van der Waals surface area contributed by atoms with Gasteiger partial charge in [-0.25, -0.2) is 4.79 Å². The smallest absolute Gasteiger partial charge is 0.333 e. The molecular formula is C17H13Cl3N2O5. The molecule has 2 aromatic carbocycles. The molecule has 0 aliphatic heterocycles. The fraction of sp³-hybridized carbons (Fsp3) is 0.176. The number of hydrogen-bond donors (Lipinski definition) is 1. The van der Waals surface area contributed by atoms with E-state index in [0.717, 1.165) is 0 Å². The van der Waals surface area contributed by atoms with Gasteiger partial charge in [-0.1, -0.05) is 46.9 Å². The minimum Gasteiger partial charge on any atom is -0.423 e. The fourth-order valence-corrected chi connectivity index (χ4v) is 2.67. The first-order valence-corrected chi connectivity index (χ1v) is 8.69. The maximum Gasteiger partial charge on any atom is 0.333 e. The van der Waals surface area contributed by atoms with Gasteiger partial charge >= 0.3 is 5.97 Å². The normalized spacial score (nSPS) is 11.6. The number of esters is 1. The molecule has 1 amide bonds. The third-order valence-corrected chi connectivity index (χ3v) is 4.42.